The number of nitrogens with one attached hydrogen (secondary N) is 3. The summed E-state index contributed by atoms with van der Waals surface area (Å²) in [6.07, 6.45) is 2.10. The Kier molecular flexibility index (Phi) is 6.42. The van der Waals surface area contributed by atoms with E-state index in [9.17, 15) is 9.59 Å². The molecule has 2 fully saturated rings. The molecular weight excluding hydrogens is 390 g/mol. The van der Waals surface area contributed by atoms with Crippen molar-refractivity contribution < 1.29 is 9.59 Å². The largest absolute Gasteiger partial charge is 0.369 e. The molecule has 0 bridgehead atoms. The van der Waals surface area contributed by atoms with Gasteiger partial charge in [0, 0.05) is 60.9 Å². The van der Waals surface area contributed by atoms with Crippen molar-refractivity contribution in [3.63, 3.8) is 0 Å². The third-order valence-electron chi connectivity index (χ3n) is 5.85. The smallest absolute Gasteiger partial charge is 0.319 e. The van der Waals surface area contributed by atoms with Crippen LogP contribution in [0.1, 0.15) is 37.0 Å². The molecule has 4 rings (SSSR count). The molecule has 31 heavy (non-hydrogen) atoms. The lowest BCUT2D eigenvalue weighted by molar-refractivity contribution is 0.102. The summed E-state index contributed by atoms with van der Waals surface area (Å²) in [6, 6.07) is 15.6. The van der Waals surface area contributed by atoms with Gasteiger partial charge in [-0.3, -0.25) is 9.69 Å². The zero-order valence-electron chi connectivity index (χ0n) is 18.2. The number of urea groups is 1. The van der Waals surface area contributed by atoms with Crippen molar-refractivity contribution in [2.24, 2.45) is 0 Å². The van der Waals surface area contributed by atoms with Crippen LogP contribution in [0, 0.1) is 0 Å². The third-order valence-corrected chi connectivity index (χ3v) is 5.85. The fourth-order valence-electron chi connectivity index (χ4n) is 3.74. The highest BCUT2D eigenvalue weighted by molar-refractivity contribution is 6.04. The fraction of sp³-hybridized carbons (Fsp3) is 0.417. The molecular formula is C24H31N5O2. The van der Waals surface area contributed by atoms with E-state index >= 15 is 0 Å². The third kappa shape index (κ3) is 5.76. The number of anilines is 3. The van der Waals surface area contributed by atoms with Gasteiger partial charge in [-0.15, -0.1) is 0 Å². The molecule has 3 N–H and O–H groups in total. The van der Waals surface area contributed by atoms with Gasteiger partial charge in [0.15, 0.2) is 0 Å². The number of rotatable bonds is 6. The number of carbonyl (C=O) groups is 2. The van der Waals surface area contributed by atoms with E-state index in [0.29, 0.717) is 29.0 Å². The van der Waals surface area contributed by atoms with E-state index in [1.165, 1.54) is 0 Å². The van der Waals surface area contributed by atoms with Gasteiger partial charge in [-0.2, -0.15) is 0 Å². The molecule has 2 aliphatic rings. The fourth-order valence-corrected chi connectivity index (χ4v) is 3.74. The first-order chi connectivity index (χ1) is 15.0. The molecule has 2 aromatic rings. The summed E-state index contributed by atoms with van der Waals surface area (Å²) < 4.78 is 0. The first-order valence-electron chi connectivity index (χ1n) is 11.1. The number of benzene rings is 2. The summed E-state index contributed by atoms with van der Waals surface area (Å²) in [6.45, 7) is 8.60. The average Bonchev–Trinajstić information content (AvgIpc) is 3.59. The molecule has 0 atom stereocenters. The number of hydrogen-bond donors (Lipinski definition) is 3. The number of carbonyl (C=O) groups excluding carboxylic acids is 2. The van der Waals surface area contributed by atoms with E-state index in [4.69, 9.17) is 0 Å². The Balaban J connectivity index is 1.29. The molecule has 7 heteroatoms. The van der Waals surface area contributed by atoms with Gasteiger partial charge in [-0.25, -0.2) is 4.79 Å². The first-order valence-corrected chi connectivity index (χ1v) is 11.1. The monoisotopic (exact) mass is 421 g/mol. The Morgan fingerprint density at radius 2 is 1.42 bits per heavy atom. The summed E-state index contributed by atoms with van der Waals surface area (Å²) >= 11 is 0. The topological polar surface area (TPSA) is 76.7 Å². The predicted molar refractivity (Wildman–Crippen MR) is 125 cm³/mol. The summed E-state index contributed by atoms with van der Waals surface area (Å²) in [5.74, 6) is -0.150. The van der Waals surface area contributed by atoms with Crippen LogP contribution >= 0.6 is 0 Å². The van der Waals surface area contributed by atoms with Crippen LogP contribution in [-0.2, 0) is 0 Å². The molecule has 164 valence electrons. The van der Waals surface area contributed by atoms with Crippen LogP contribution in [0.2, 0.25) is 0 Å². The second-order valence-corrected chi connectivity index (χ2v) is 8.57. The van der Waals surface area contributed by atoms with Gasteiger partial charge >= 0.3 is 6.03 Å². The van der Waals surface area contributed by atoms with Crippen molar-refractivity contribution >= 4 is 29.0 Å². The lowest BCUT2D eigenvalue weighted by atomic mass is 10.1. The molecule has 1 aliphatic heterocycles. The maximum atomic E-state index is 12.6. The van der Waals surface area contributed by atoms with Gasteiger partial charge in [0.25, 0.3) is 5.91 Å². The zero-order valence-corrected chi connectivity index (χ0v) is 18.2. The Labute approximate surface area is 183 Å². The Bertz CT molecular complexity index is 899. The number of nitrogens with zero attached hydrogens (tertiary/aromatic N) is 2. The predicted octanol–water partition coefficient (Wildman–Crippen LogP) is 3.75. The Morgan fingerprint density at radius 3 is 1.97 bits per heavy atom. The van der Waals surface area contributed by atoms with Crippen molar-refractivity contribution in [2.45, 2.75) is 38.8 Å². The molecule has 0 radical (unpaired) electrons. The van der Waals surface area contributed by atoms with Gasteiger partial charge in [-0.05, 0) is 75.2 Å². The van der Waals surface area contributed by atoms with Gasteiger partial charge < -0.3 is 20.9 Å². The molecule has 7 nitrogen and oxygen atoms in total. The highest BCUT2D eigenvalue weighted by Crippen LogP contribution is 2.21. The molecule has 0 unspecified atom stereocenters. The van der Waals surface area contributed by atoms with Crippen molar-refractivity contribution in [2.75, 3.05) is 41.7 Å². The highest BCUT2D eigenvalue weighted by Gasteiger charge is 2.23. The van der Waals surface area contributed by atoms with Crippen molar-refractivity contribution in [1.82, 2.24) is 10.2 Å². The molecule has 1 heterocycles. The molecule has 1 aliphatic carbocycles. The molecule has 0 aromatic heterocycles. The van der Waals surface area contributed by atoms with Crippen LogP contribution in [-0.4, -0.2) is 55.1 Å². The van der Waals surface area contributed by atoms with Crippen molar-refractivity contribution in [3.8, 4) is 0 Å². The standard InChI is InChI=1S/C24H31N5O2/c1-17(2)28-13-15-29(16-14-28)22-11-3-18(4-12-22)23(30)25-19-5-7-20(8-6-19)26-24(31)27-21-9-10-21/h3-8,11-12,17,21H,9-10,13-16H2,1-2H3,(H,25,30)(H2,26,27,31). The van der Waals surface area contributed by atoms with Crippen molar-refractivity contribution in [3.05, 3.63) is 54.1 Å². The van der Waals surface area contributed by atoms with E-state index in [0.717, 1.165) is 44.7 Å². The number of amides is 3. The maximum absolute atomic E-state index is 12.6. The zero-order chi connectivity index (χ0) is 21.8. The van der Waals surface area contributed by atoms with Crippen LogP contribution in [0.4, 0.5) is 21.9 Å². The van der Waals surface area contributed by atoms with Crippen LogP contribution in [0.15, 0.2) is 48.5 Å². The molecule has 1 saturated carbocycles. The second-order valence-electron chi connectivity index (χ2n) is 8.57. The van der Waals surface area contributed by atoms with Gasteiger partial charge in [-0.1, -0.05) is 0 Å². The number of piperazine rings is 1. The maximum Gasteiger partial charge on any atom is 0.319 e. The lowest BCUT2D eigenvalue weighted by Crippen LogP contribution is -2.48. The average molecular weight is 422 g/mol. The first kappa shape index (κ1) is 21.2. The van der Waals surface area contributed by atoms with Gasteiger partial charge in [0.05, 0.1) is 0 Å². The van der Waals surface area contributed by atoms with Gasteiger partial charge in [0.2, 0.25) is 0 Å². The minimum atomic E-state index is -0.190. The Hall–Kier alpha value is -3.06. The highest BCUT2D eigenvalue weighted by atomic mass is 16.2. The Morgan fingerprint density at radius 1 is 0.839 bits per heavy atom. The molecule has 0 spiro atoms. The minimum absolute atomic E-state index is 0.150. The minimum Gasteiger partial charge on any atom is -0.369 e. The van der Waals surface area contributed by atoms with E-state index < -0.39 is 0 Å². The molecule has 2 aromatic carbocycles. The lowest BCUT2D eigenvalue weighted by Gasteiger charge is -2.38. The van der Waals surface area contributed by atoms with E-state index in [1.54, 1.807) is 24.3 Å². The van der Waals surface area contributed by atoms with Crippen LogP contribution in [0.25, 0.3) is 0 Å². The van der Waals surface area contributed by atoms with E-state index in [1.807, 2.05) is 24.3 Å². The van der Waals surface area contributed by atoms with E-state index in [-0.39, 0.29) is 11.9 Å². The SMILES string of the molecule is CC(C)N1CCN(c2ccc(C(=O)Nc3ccc(NC(=O)NC4CC4)cc3)cc2)CC1. The summed E-state index contributed by atoms with van der Waals surface area (Å²) in [7, 11) is 0. The summed E-state index contributed by atoms with van der Waals surface area (Å²) in [4.78, 5) is 29.3. The van der Waals surface area contributed by atoms with E-state index in [2.05, 4.69) is 39.6 Å². The summed E-state index contributed by atoms with van der Waals surface area (Å²) in [5.41, 5.74) is 3.15. The second kappa shape index (κ2) is 9.39. The molecule has 1 saturated heterocycles. The number of hydrogen-bond acceptors (Lipinski definition) is 4. The van der Waals surface area contributed by atoms with Crippen LogP contribution in [0.3, 0.4) is 0 Å². The van der Waals surface area contributed by atoms with Gasteiger partial charge in [0.1, 0.15) is 0 Å². The normalized spacial score (nSPS) is 16.8. The molecule has 3 amide bonds. The summed E-state index contributed by atoms with van der Waals surface area (Å²) in [5, 5.41) is 8.59. The quantitative estimate of drug-likeness (QED) is 0.664. The van der Waals surface area contributed by atoms with Crippen LogP contribution < -0.4 is 20.9 Å². The van der Waals surface area contributed by atoms with Crippen molar-refractivity contribution in [1.29, 1.82) is 0 Å². The van der Waals surface area contributed by atoms with Crippen LogP contribution in [0.5, 0.6) is 0 Å².